The van der Waals surface area contributed by atoms with Crippen LogP contribution >= 0.6 is 0 Å². The molecule has 3 unspecified atom stereocenters. The van der Waals surface area contributed by atoms with E-state index in [1.807, 2.05) is 28.9 Å². The molecule has 0 radical (unpaired) electrons. The van der Waals surface area contributed by atoms with Gasteiger partial charge in [-0.1, -0.05) is 38.1 Å². The van der Waals surface area contributed by atoms with E-state index in [2.05, 4.69) is 13.8 Å². The van der Waals surface area contributed by atoms with Crippen molar-refractivity contribution in [3.8, 4) is 0 Å². The molecule has 0 spiro atoms. The number of aromatic nitrogens is 2. The Hall–Kier alpha value is -2.48. The van der Waals surface area contributed by atoms with Gasteiger partial charge < -0.3 is 19.7 Å². The Bertz CT molecular complexity index is 1080. The zero-order valence-corrected chi connectivity index (χ0v) is 19.9. The van der Waals surface area contributed by atoms with Gasteiger partial charge in [-0.15, -0.1) is 0 Å². The molecule has 3 aliphatic rings. The molecule has 0 amide bonds. The topological polar surface area (TPSA) is 93.8 Å². The Morgan fingerprint density at radius 1 is 1.00 bits per heavy atom. The van der Waals surface area contributed by atoms with Crippen LogP contribution in [0.25, 0.3) is 5.70 Å². The molecule has 7 heteroatoms. The van der Waals surface area contributed by atoms with E-state index in [-0.39, 0.29) is 11.8 Å². The molecular formula is C27H34N2O5. The highest BCUT2D eigenvalue weighted by Crippen LogP contribution is 2.43. The number of aromatic carboxylic acids is 1. The summed E-state index contributed by atoms with van der Waals surface area (Å²) >= 11 is 0. The first kappa shape index (κ1) is 23.3. The van der Waals surface area contributed by atoms with Crippen molar-refractivity contribution < 1.29 is 24.5 Å². The van der Waals surface area contributed by atoms with Crippen molar-refractivity contribution in [1.82, 2.24) is 9.78 Å². The molecule has 1 aromatic carbocycles. The number of carboxylic acids is 1. The standard InChI is InChI=1S/C27H34N2O5/c1-16(18-7-11-33-12-8-18)25-24(27(31)32)26(17(2)19-9-13-34-14-10-19)29(28-25)22-15-23(30)21-6-4-3-5-20(21)22/h3-6,15-19,23,30H,7-14H2,1-2H3,(H,31,32). The highest BCUT2D eigenvalue weighted by molar-refractivity contribution is 5.92. The number of aliphatic hydroxyl groups excluding tert-OH is 1. The van der Waals surface area contributed by atoms with Crippen molar-refractivity contribution in [1.29, 1.82) is 0 Å². The minimum atomic E-state index is -0.929. The number of carboxylic acid groups (broad SMARTS) is 1. The maximum Gasteiger partial charge on any atom is 0.339 e. The number of hydrogen-bond acceptors (Lipinski definition) is 5. The molecular weight excluding hydrogens is 432 g/mol. The Kier molecular flexibility index (Phi) is 6.60. The highest BCUT2D eigenvalue weighted by Gasteiger charge is 2.37. The summed E-state index contributed by atoms with van der Waals surface area (Å²) in [6.45, 7) is 7.02. The molecule has 3 heterocycles. The third-order valence-corrected chi connectivity index (χ3v) is 8.07. The first-order valence-electron chi connectivity index (χ1n) is 12.5. The van der Waals surface area contributed by atoms with Crippen LogP contribution in [0, 0.1) is 11.8 Å². The maximum absolute atomic E-state index is 12.8. The number of aliphatic hydroxyl groups is 1. The third-order valence-electron chi connectivity index (χ3n) is 8.07. The fourth-order valence-corrected chi connectivity index (χ4v) is 5.97. The van der Waals surface area contributed by atoms with Crippen LogP contribution in [0.15, 0.2) is 30.3 Å². The Morgan fingerprint density at radius 2 is 1.59 bits per heavy atom. The summed E-state index contributed by atoms with van der Waals surface area (Å²) in [5.74, 6) is -0.294. The lowest BCUT2D eigenvalue weighted by atomic mass is 9.80. The average Bonchev–Trinajstić information content (AvgIpc) is 3.43. The van der Waals surface area contributed by atoms with Crippen LogP contribution in [-0.2, 0) is 9.47 Å². The van der Waals surface area contributed by atoms with Crippen molar-refractivity contribution in [3.05, 3.63) is 58.4 Å². The normalized spacial score (nSPS) is 23.4. The van der Waals surface area contributed by atoms with Crippen LogP contribution in [0.5, 0.6) is 0 Å². The Balaban J connectivity index is 1.66. The summed E-state index contributed by atoms with van der Waals surface area (Å²) < 4.78 is 13.0. The second-order valence-electron chi connectivity index (χ2n) is 9.92. The van der Waals surface area contributed by atoms with Crippen molar-refractivity contribution >= 4 is 11.7 Å². The molecule has 7 nitrogen and oxygen atoms in total. The molecule has 182 valence electrons. The quantitative estimate of drug-likeness (QED) is 0.647. The van der Waals surface area contributed by atoms with E-state index in [4.69, 9.17) is 14.6 Å². The van der Waals surface area contributed by atoms with Gasteiger partial charge in [0.2, 0.25) is 0 Å². The van der Waals surface area contributed by atoms with Crippen LogP contribution < -0.4 is 0 Å². The van der Waals surface area contributed by atoms with Crippen LogP contribution in [-0.4, -0.2) is 52.4 Å². The van der Waals surface area contributed by atoms with E-state index in [1.165, 1.54) is 0 Å². The zero-order valence-electron chi connectivity index (χ0n) is 19.9. The summed E-state index contributed by atoms with van der Waals surface area (Å²) in [4.78, 5) is 12.8. The number of ether oxygens (including phenoxy) is 2. The molecule has 2 aliphatic heterocycles. The van der Waals surface area contributed by atoms with Crippen LogP contribution in [0.1, 0.15) is 90.3 Å². The molecule has 1 aliphatic carbocycles. The average molecular weight is 467 g/mol. The van der Waals surface area contributed by atoms with Gasteiger partial charge >= 0.3 is 5.97 Å². The summed E-state index contributed by atoms with van der Waals surface area (Å²) in [7, 11) is 0. The Labute approximate surface area is 200 Å². The first-order valence-corrected chi connectivity index (χ1v) is 12.5. The SMILES string of the molecule is CC(c1nn(C2=CC(O)c3ccccc32)c(C(C)C2CCOCC2)c1C(=O)O)C1CCOCC1. The first-order chi connectivity index (χ1) is 16.5. The lowest BCUT2D eigenvalue weighted by Gasteiger charge is -2.29. The lowest BCUT2D eigenvalue weighted by Crippen LogP contribution is -2.24. The fourth-order valence-electron chi connectivity index (χ4n) is 5.97. The molecule has 34 heavy (non-hydrogen) atoms. The highest BCUT2D eigenvalue weighted by atomic mass is 16.5. The minimum Gasteiger partial charge on any atom is -0.478 e. The van der Waals surface area contributed by atoms with Gasteiger partial charge in [-0.05, 0) is 49.2 Å². The summed E-state index contributed by atoms with van der Waals surface area (Å²) in [6.07, 6.45) is 4.67. The summed E-state index contributed by atoms with van der Waals surface area (Å²) in [6, 6.07) is 7.75. The number of fused-ring (bicyclic) bond motifs is 1. The summed E-state index contributed by atoms with van der Waals surface area (Å²) in [5, 5.41) is 26.2. The molecule has 0 bridgehead atoms. The number of benzene rings is 1. The van der Waals surface area contributed by atoms with Gasteiger partial charge in [-0.25, -0.2) is 9.48 Å². The van der Waals surface area contributed by atoms with E-state index in [1.54, 1.807) is 6.08 Å². The maximum atomic E-state index is 12.8. The molecule has 1 aromatic heterocycles. The van der Waals surface area contributed by atoms with Crippen molar-refractivity contribution in [2.24, 2.45) is 11.8 Å². The smallest absolute Gasteiger partial charge is 0.339 e. The second-order valence-corrected chi connectivity index (χ2v) is 9.92. The van der Waals surface area contributed by atoms with E-state index in [9.17, 15) is 15.0 Å². The number of carbonyl (C=O) groups is 1. The summed E-state index contributed by atoms with van der Waals surface area (Å²) in [5.41, 5.74) is 4.22. The molecule has 5 rings (SSSR count). The molecule has 2 fully saturated rings. The monoisotopic (exact) mass is 466 g/mol. The van der Waals surface area contributed by atoms with Gasteiger partial charge in [0, 0.05) is 43.8 Å². The number of hydrogen-bond donors (Lipinski definition) is 2. The van der Waals surface area contributed by atoms with E-state index >= 15 is 0 Å². The zero-order chi connectivity index (χ0) is 23.8. The van der Waals surface area contributed by atoms with Gasteiger partial charge in [0.15, 0.2) is 0 Å². The van der Waals surface area contributed by atoms with Crippen molar-refractivity contribution in [2.75, 3.05) is 26.4 Å². The molecule has 2 saturated heterocycles. The number of rotatable bonds is 6. The van der Waals surface area contributed by atoms with Crippen LogP contribution in [0.2, 0.25) is 0 Å². The van der Waals surface area contributed by atoms with Gasteiger partial charge in [0.25, 0.3) is 0 Å². The minimum absolute atomic E-state index is 0.000871. The molecule has 2 N–H and O–H groups in total. The molecule has 3 atom stereocenters. The number of nitrogens with zero attached hydrogens (tertiary/aromatic N) is 2. The lowest BCUT2D eigenvalue weighted by molar-refractivity contribution is 0.0579. The predicted molar refractivity (Wildman–Crippen MR) is 128 cm³/mol. The van der Waals surface area contributed by atoms with Gasteiger partial charge in [0.1, 0.15) is 11.7 Å². The van der Waals surface area contributed by atoms with Gasteiger partial charge in [-0.3, -0.25) is 0 Å². The third kappa shape index (κ3) is 4.10. The largest absolute Gasteiger partial charge is 0.478 e. The van der Waals surface area contributed by atoms with Crippen LogP contribution in [0.4, 0.5) is 0 Å². The molecule has 0 saturated carbocycles. The second kappa shape index (κ2) is 9.64. The fraction of sp³-hybridized carbons (Fsp3) is 0.556. The predicted octanol–water partition coefficient (Wildman–Crippen LogP) is 4.58. The van der Waals surface area contributed by atoms with Crippen molar-refractivity contribution in [3.63, 3.8) is 0 Å². The van der Waals surface area contributed by atoms with E-state index in [0.29, 0.717) is 49.5 Å². The molecule has 2 aromatic rings. The van der Waals surface area contributed by atoms with Crippen molar-refractivity contribution in [2.45, 2.75) is 57.5 Å². The van der Waals surface area contributed by atoms with Crippen LogP contribution in [0.3, 0.4) is 0 Å². The van der Waals surface area contributed by atoms with E-state index in [0.717, 1.165) is 48.2 Å². The van der Waals surface area contributed by atoms with Gasteiger partial charge in [-0.2, -0.15) is 5.10 Å². The van der Waals surface area contributed by atoms with Gasteiger partial charge in [0.05, 0.1) is 17.1 Å². The van der Waals surface area contributed by atoms with E-state index < -0.39 is 12.1 Å². The Morgan fingerprint density at radius 3 is 2.21 bits per heavy atom.